The van der Waals surface area contributed by atoms with E-state index in [0.29, 0.717) is 0 Å². The molecule has 0 aliphatic carbocycles. The first-order chi connectivity index (χ1) is 16.3. The van der Waals surface area contributed by atoms with E-state index in [1.807, 2.05) is 0 Å². The minimum Gasteiger partial charge on any atom is -0.465 e. The van der Waals surface area contributed by atoms with Crippen molar-refractivity contribution in [2.24, 2.45) is 7.05 Å². The van der Waals surface area contributed by atoms with Gasteiger partial charge in [0.05, 0.1) is 23.5 Å². The third kappa shape index (κ3) is 11.6. The normalized spacial score (nSPS) is 11.2. The van der Waals surface area contributed by atoms with Crippen LogP contribution in [-0.2, 0) is 38.9 Å². The number of imidazole rings is 1. The zero-order chi connectivity index (χ0) is 28.1. The smallest absolute Gasteiger partial charge is 0.349 e. The number of esters is 1. The molecule has 1 aromatic carbocycles. The highest BCUT2D eigenvalue weighted by atomic mass is 35.7. The monoisotopic (exact) mass is 734 g/mol. The number of carbonyl (C=O) groups excluding carboxylic acids is 1. The maximum atomic E-state index is 11.0. The van der Waals surface area contributed by atoms with Crippen LogP contribution < -0.4 is 0 Å². The van der Waals surface area contributed by atoms with E-state index in [0.717, 1.165) is 11.3 Å². The molecule has 21 heteroatoms. The number of thiophene rings is 1. The van der Waals surface area contributed by atoms with Crippen LogP contribution in [0, 0.1) is 0 Å². The van der Waals surface area contributed by atoms with Crippen molar-refractivity contribution in [1.29, 1.82) is 0 Å². The lowest BCUT2D eigenvalue weighted by Gasteiger charge is -2.02. The Balaban J connectivity index is 0.000000523. The molecule has 3 rings (SSSR count). The van der Waals surface area contributed by atoms with Gasteiger partial charge >= 0.3 is 5.97 Å². The molecule has 0 aliphatic heterocycles. The van der Waals surface area contributed by atoms with Crippen LogP contribution in [0.4, 0.5) is 0 Å². The Morgan fingerprint density at radius 2 is 1.46 bits per heavy atom. The summed E-state index contributed by atoms with van der Waals surface area (Å²) >= 11 is 17.7. The van der Waals surface area contributed by atoms with Crippen LogP contribution in [0.5, 0.6) is 0 Å². The molecule has 0 atom stereocenters. The number of aryl methyl sites for hydroxylation is 1. The highest BCUT2D eigenvalue weighted by Gasteiger charge is 2.22. The molecule has 3 aromatic rings. The summed E-state index contributed by atoms with van der Waals surface area (Å²) in [5.74, 6) is -0.700. The molecule has 0 amide bonds. The van der Waals surface area contributed by atoms with Crippen LogP contribution in [0.25, 0.3) is 0 Å². The number of halogens is 7. The Morgan fingerprint density at radius 3 is 1.78 bits per heavy atom. The number of hydrogen-bond donors (Lipinski definition) is 0. The second kappa shape index (κ2) is 14.7. The van der Waals surface area contributed by atoms with E-state index < -0.39 is 33.1 Å². The van der Waals surface area contributed by atoms with Gasteiger partial charge in [-0.1, -0.05) is 34.8 Å². The van der Waals surface area contributed by atoms with E-state index in [-0.39, 0.29) is 47.2 Å². The highest BCUT2D eigenvalue weighted by molar-refractivity contribution is 8.14. The molecule has 0 radical (unpaired) electrons. The first kappa shape index (κ1) is 36.5. The summed E-state index contributed by atoms with van der Waals surface area (Å²) in [6.07, 6.45) is 2.71. The van der Waals surface area contributed by atoms with E-state index in [2.05, 4.69) is 9.72 Å². The molecule has 0 saturated carbocycles. The topological polar surface area (TPSA) is 147 Å². The Labute approximate surface area is 251 Å². The summed E-state index contributed by atoms with van der Waals surface area (Å²) < 4.78 is 70.6. The Hall–Kier alpha value is -0.520. The van der Waals surface area contributed by atoms with Gasteiger partial charge in [0.25, 0.3) is 27.2 Å². The zero-order valence-electron chi connectivity index (χ0n) is 17.9. The molecule has 2 heterocycles. The minimum atomic E-state index is -3.93. The second-order valence-electron chi connectivity index (χ2n) is 6.00. The van der Waals surface area contributed by atoms with Gasteiger partial charge in [0, 0.05) is 50.3 Å². The quantitative estimate of drug-likeness (QED) is 0.239. The molecule has 0 spiro atoms. The molecule has 10 nitrogen and oxygen atoms in total. The summed E-state index contributed by atoms with van der Waals surface area (Å²) in [5.41, 5.74) is 0. The number of methoxy groups -OCH3 is 1. The lowest BCUT2D eigenvalue weighted by Crippen LogP contribution is -2.03. The van der Waals surface area contributed by atoms with E-state index in [9.17, 15) is 30.0 Å². The number of hydrogen-bond acceptors (Lipinski definition) is 10. The van der Waals surface area contributed by atoms with Crippen LogP contribution >= 0.6 is 90.6 Å². The largest absolute Gasteiger partial charge is 0.465 e. The first-order valence-electron chi connectivity index (χ1n) is 8.41. The maximum Gasteiger partial charge on any atom is 0.349 e. The second-order valence-corrected chi connectivity index (χ2v) is 15.7. The molecule has 37 heavy (non-hydrogen) atoms. The fourth-order valence-corrected chi connectivity index (χ4v) is 7.78. The van der Waals surface area contributed by atoms with E-state index >= 15 is 0 Å². The van der Waals surface area contributed by atoms with Crippen LogP contribution in [0.3, 0.4) is 0 Å². The van der Waals surface area contributed by atoms with Gasteiger partial charge < -0.3 is 9.30 Å². The van der Waals surface area contributed by atoms with Crippen LogP contribution in [0.2, 0.25) is 15.1 Å². The van der Waals surface area contributed by atoms with Gasteiger partial charge in [0.1, 0.15) is 14.7 Å². The first-order valence-corrected chi connectivity index (χ1v) is 17.4. The van der Waals surface area contributed by atoms with Crippen molar-refractivity contribution < 1.29 is 34.8 Å². The summed E-state index contributed by atoms with van der Waals surface area (Å²) in [7, 11) is 6.53. The van der Waals surface area contributed by atoms with Crippen LogP contribution in [0.1, 0.15) is 9.67 Å². The molecule has 0 unspecified atom stereocenters. The standard InChI is InChI=1S/C6H2Cl4O2S.C6H5ClO4S2.C4H5ClN2O2S.ClH/c7-3-1-4(8)6(5(9)2-3)13(10,11)12;1-11-6(8)5-4(2-3-12-5)13(7,9)10;1-7-2-4(6-3-7)10(5,8)9;/h1-2H;2-3H,1H3;2-3H,1H3;1H. The van der Waals surface area contributed by atoms with Crippen LogP contribution in [-0.4, -0.2) is 47.9 Å². The minimum absolute atomic E-state index is 0. The van der Waals surface area contributed by atoms with Crippen molar-refractivity contribution in [2.75, 3.05) is 7.11 Å². The molecule has 0 aliphatic rings. The lowest BCUT2D eigenvalue weighted by molar-refractivity contribution is 0.0602. The Morgan fingerprint density at radius 1 is 0.946 bits per heavy atom. The molecule has 2 aromatic heterocycles. The number of carbonyl (C=O) groups is 1. The van der Waals surface area contributed by atoms with E-state index in [1.165, 1.54) is 47.8 Å². The van der Waals surface area contributed by atoms with Gasteiger partial charge in [0.15, 0.2) is 5.03 Å². The Kier molecular flexibility index (Phi) is 14.5. The average molecular weight is 738 g/mol. The summed E-state index contributed by atoms with van der Waals surface area (Å²) in [4.78, 5) is 14.0. The fourth-order valence-electron chi connectivity index (χ4n) is 2.01. The number of aromatic nitrogens is 2. The van der Waals surface area contributed by atoms with Crippen molar-refractivity contribution >= 4 is 124 Å². The summed E-state index contributed by atoms with van der Waals surface area (Å²) in [6.45, 7) is 0. The molecule has 208 valence electrons. The van der Waals surface area contributed by atoms with E-state index in [4.69, 9.17) is 66.8 Å². The molecular formula is C16H13Cl7N2O8S4. The highest BCUT2D eigenvalue weighted by Crippen LogP contribution is 2.34. The van der Waals surface area contributed by atoms with Gasteiger partial charge in [-0.15, -0.1) is 23.7 Å². The number of nitrogens with zero attached hydrogens (tertiary/aromatic N) is 2. The van der Waals surface area contributed by atoms with Crippen molar-refractivity contribution in [3.63, 3.8) is 0 Å². The molecule has 0 fully saturated rings. The predicted octanol–water partition coefficient (Wildman–Crippen LogP) is 5.81. The average Bonchev–Trinajstić information content (AvgIpc) is 3.35. The third-order valence-corrected chi connectivity index (χ3v) is 9.40. The maximum absolute atomic E-state index is 11.0. The Bertz CT molecular complexity index is 1550. The third-order valence-electron chi connectivity index (χ3n) is 3.40. The van der Waals surface area contributed by atoms with Crippen molar-refractivity contribution in [3.8, 4) is 0 Å². The number of rotatable bonds is 4. The van der Waals surface area contributed by atoms with Gasteiger partial charge in [-0.3, -0.25) is 0 Å². The summed E-state index contributed by atoms with van der Waals surface area (Å²) in [5, 5.41) is 1.41. The van der Waals surface area contributed by atoms with E-state index in [1.54, 1.807) is 7.05 Å². The summed E-state index contributed by atoms with van der Waals surface area (Å²) in [6, 6.07) is 3.77. The number of benzene rings is 1. The predicted molar refractivity (Wildman–Crippen MR) is 147 cm³/mol. The van der Waals surface area contributed by atoms with Gasteiger partial charge in [-0.2, -0.15) is 0 Å². The SMILES string of the molecule is COC(=O)c1sccc1S(=O)(=O)Cl.Cl.Cn1cnc(S(=O)(=O)Cl)c1.O=S(=O)(Cl)c1c(Cl)cc(Cl)cc1Cl. The molecule has 0 saturated heterocycles. The van der Waals surface area contributed by atoms with Gasteiger partial charge in [-0.05, 0) is 23.6 Å². The van der Waals surface area contributed by atoms with Crippen LogP contribution in [0.15, 0.2) is 50.9 Å². The number of ether oxygens (including phenoxy) is 1. The fraction of sp³-hybridized carbons (Fsp3) is 0.125. The molecule has 0 bridgehead atoms. The lowest BCUT2D eigenvalue weighted by atomic mass is 10.4. The van der Waals surface area contributed by atoms with Gasteiger partial charge in [0.2, 0.25) is 0 Å². The molecular weight excluding hydrogens is 725 g/mol. The molecule has 0 N–H and O–H groups in total. The van der Waals surface area contributed by atoms with Gasteiger partial charge in [-0.25, -0.2) is 35.0 Å². The van der Waals surface area contributed by atoms with Crippen molar-refractivity contribution in [1.82, 2.24) is 9.55 Å². The van der Waals surface area contributed by atoms with Crippen molar-refractivity contribution in [2.45, 2.75) is 14.8 Å². The van der Waals surface area contributed by atoms with Crippen molar-refractivity contribution in [3.05, 3.63) is 56.0 Å². The zero-order valence-corrected chi connectivity index (χ0v) is 26.6.